The third-order valence-electron chi connectivity index (χ3n) is 2.97. The largest absolute Gasteiger partial charge is 1.00 e. The molecule has 0 N–H and O–H groups in total. The van der Waals surface area contributed by atoms with Crippen LogP contribution in [0.15, 0.2) is 11.4 Å². The lowest BCUT2D eigenvalue weighted by Crippen LogP contribution is -3.00. The van der Waals surface area contributed by atoms with Gasteiger partial charge in [-0.05, 0) is 13.8 Å². The summed E-state index contributed by atoms with van der Waals surface area (Å²) >= 11 is 0.370. The summed E-state index contributed by atoms with van der Waals surface area (Å²) in [5.74, 6) is -1.45. The molecule has 0 saturated carbocycles. The summed E-state index contributed by atoms with van der Waals surface area (Å²) in [7, 11) is 0.835. The number of quaternary nitrogens is 1. The standard InChI is InChI=1S/C16H26N3O6S.HI/c1-7-24-15(21)18-10-11(17-14(18)26-16(22)25-8-2)9-12(13(20)23-6)19(3,4)5;/h10,12H,7-9H2,1-6H3;1H/q+1;/p-1/t12-;/m1./s1/i3D3,4D3,5D3;. The molecule has 0 bridgehead atoms. The van der Waals surface area contributed by atoms with E-state index in [9.17, 15) is 14.4 Å². The van der Waals surface area contributed by atoms with E-state index < -0.39 is 55.2 Å². The second kappa shape index (κ2) is 11.5. The molecule has 27 heavy (non-hydrogen) atoms. The van der Waals surface area contributed by atoms with Crippen molar-refractivity contribution in [1.29, 1.82) is 0 Å². The number of thioether (sulfide) groups is 1. The number of rotatable bonds is 7. The molecule has 1 aromatic rings. The average molecular weight is 524 g/mol. The van der Waals surface area contributed by atoms with Gasteiger partial charge in [0.15, 0.2) is 11.2 Å². The molecule has 0 aliphatic carbocycles. The molecule has 0 radical (unpaired) electrons. The van der Waals surface area contributed by atoms with Gasteiger partial charge in [-0.25, -0.2) is 23.9 Å². The van der Waals surface area contributed by atoms with E-state index >= 15 is 0 Å². The number of ether oxygens (including phenoxy) is 3. The molecule has 1 rings (SSSR count). The number of nitrogens with zero attached hydrogens (tertiary/aromatic N) is 3. The number of carbonyl (C=O) groups is 3. The molecule has 154 valence electrons. The van der Waals surface area contributed by atoms with Crippen LogP contribution in [0.3, 0.4) is 0 Å². The van der Waals surface area contributed by atoms with Crippen molar-refractivity contribution in [2.75, 3.05) is 41.3 Å². The Bertz CT molecular complexity index is 900. The van der Waals surface area contributed by atoms with Crippen LogP contribution in [0.2, 0.25) is 0 Å². The Balaban J connectivity index is 0.0000122. The number of imidazole rings is 1. The molecule has 1 heterocycles. The van der Waals surface area contributed by atoms with Crippen molar-refractivity contribution in [2.45, 2.75) is 31.5 Å². The van der Waals surface area contributed by atoms with Crippen molar-refractivity contribution in [3.05, 3.63) is 11.9 Å². The Kier molecular flexibility index (Phi) is 5.86. The SMILES string of the molecule is [2H]C([2H])([2H])[N+]([C@H](Cc1cn(C(=O)OCC)c(SC(=O)OCC)n1)C(=O)OC)(C([2H])([2H])[2H])C([2H])([2H])[2H].[I-]. The molecule has 11 heteroatoms. The van der Waals surface area contributed by atoms with Crippen molar-refractivity contribution < 1.29 is 69.4 Å². The Labute approximate surface area is 193 Å². The first-order valence-electron chi connectivity index (χ1n) is 12.0. The van der Waals surface area contributed by atoms with E-state index in [1.165, 1.54) is 6.92 Å². The fourth-order valence-electron chi connectivity index (χ4n) is 1.84. The third-order valence-corrected chi connectivity index (χ3v) is 3.72. The highest BCUT2D eigenvalue weighted by atomic mass is 127. The summed E-state index contributed by atoms with van der Waals surface area (Å²) in [6.45, 7) is -8.24. The molecular formula is C16H26IN3O6S. The van der Waals surface area contributed by atoms with Gasteiger partial charge in [-0.1, -0.05) is 0 Å². The number of likely N-dealkylation sites (N-methyl/N-ethyl adjacent to an activating group) is 1. The zero-order valence-corrected chi connectivity index (χ0v) is 17.8. The first-order chi connectivity index (χ1) is 15.9. The summed E-state index contributed by atoms with van der Waals surface area (Å²) in [5.41, 5.74) is -0.277. The molecule has 9 nitrogen and oxygen atoms in total. The number of methoxy groups -OCH3 is 1. The highest BCUT2D eigenvalue weighted by Gasteiger charge is 2.34. The maximum Gasteiger partial charge on any atom is 0.420 e. The quantitative estimate of drug-likeness (QED) is 0.146. The normalized spacial score (nSPS) is 18.3. The Morgan fingerprint density at radius 2 is 1.89 bits per heavy atom. The lowest BCUT2D eigenvalue weighted by Gasteiger charge is -2.31. The van der Waals surface area contributed by atoms with Crippen LogP contribution in [0, 0.1) is 0 Å². The van der Waals surface area contributed by atoms with Gasteiger partial charge < -0.3 is 42.7 Å². The number of halogens is 1. The van der Waals surface area contributed by atoms with Gasteiger partial charge in [-0.15, -0.1) is 0 Å². The van der Waals surface area contributed by atoms with Gasteiger partial charge in [0.1, 0.15) is 0 Å². The zero-order chi connectivity index (χ0) is 27.4. The molecule has 0 amide bonds. The summed E-state index contributed by atoms with van der Waals surface area (Å²) in [6, 6.07) is -2.33. The van der Waals surface area contributed by atoms with E-state index in [0.29, 0.717) is 11.8 Å². The number of hydrogen-bond donors (Lipinski definition) is 0. The van der Waals surface area contributed by atoms with Crippen LogP contribution in [-0.2, 0) is 25.4 Å². The number of esters is 1. The van der Waals surface area contributed by atoms with Crippen molar-refractivity contribution in [1.82, 2.24) is 9.55 Å². The highest BCUT2D eigenvalue weighted by Crippen LogP contribution is 2.22. The molecule has 1 atom stereocenters. The minimum absolute atomic E-state index is 0. The molecule has 1 aromatic heterocycles. The van der Waals surface area contributed by atoms with Gasteiger partial charge in [-0.2, -0.15) is 0 Å². The first kappa shape index (κ1) is 13.8. The number of hydrogen-bond acceptors (Lipinski definition) is 8. The van der Waals surface area contributed by atoms with E-state index in [1.54, 1.807) is 6.92 Å². The van der Waals surface area contributed by atoms with Gasteiger partial charge in [0.25, 0.3) is 0 Å². The van der Waals surface area contributed by atoms with Crippen molar-refractivity contribution in [3.63, 3.8) is 0 Å². The van der Waals surface area contributed by atoms with Gasteiger partial charge in [0, 0.05) is 18.0 Å². The fourth-order valence-corrected chi connectivity index (χ4v) is 2.55. The molecular weight excluding hydrogens is 489 g/mol. The van der Waals surface area contributed by atoms with E-state index in [0.717, 1.165) is 17.9 Å². The second-order valence-electron chi connectivity index (χ2n) is 4.83. The minimum atomic E-state index is -3.75. The summed E-state index contributed by atoms with van der Waals surface area (Å²) in [6.07, 6.45) is -0.899. The van der Waals surface area contributed by atoms with Crippen molar-refractivity contribution in [2.24, 2.45) is 0 Å². The maximum atomic E-state index is 12.7. The summed E-state index contributed by atoms with van der Waals surface area (Å²) < 4.78 is 82.9. The Morgan fingerprint density at radius 1 is 1.26 bits per heavy atom. The molecule has 0 aromatic carbocycles. The molecule has 0 fully saturated rings. The van der Waals surface area contributed by atoms with E-state index in [4.69, 9.17) is 21.8 Å². The van der Waals surface area contributed by atoms with E-state index in [-0.39, 0.29) is 48.0 Å². The lowest BCUT2D eigenvalue weighted by molar-refractivity contribution is -0.887. The fraction of sp³-hybridized carbons (Fsp3) is 0.625. The predicted molar refractivity (Wildman–Crippen MR) is 95.1 cm³/mol. The Hall–Kier alpha value is -1.34. The van der Waals surface area contributed by atoms with Gasteiger partial charge in [0.05, 0.1) is 65.7 Å². The summed E-state index contributed by atoms with van der Waals surface area (Å²) in [4.78, 5) is 41.0. The van der Waals surface area contributed by atoms with Crippen molar-refractivity contribution >= 4 is 29.1 Å². The minimum Gasteiger partial charge on any atom is -1.00 e. The molecule has 0 unspecified atom stereocenters. The topological polar surface area (TPSA) is 96.7 Å². The van der Waals surface area contributed by atoms with Gasteiger partial charge in [-0.3, -0.25) is 0 Å². The predicted octanol–water partition coefficient (Wildman–Crippen LogP) is -1.07. The maximum absolute atomic E-state index is 12.7. The van der Waals surface area contributed by atoms with Crippen LogP contribution in [0.25, 0.3) is 0 Å². The summed E-state index contributed by atoms with van der Waals surface area (Å²) in [5, 5.41) is -1.15. The molecule has 0 aliphatic heterocycles. The second-order valence-corrected chi connectivity index (χ2v) is 5.74. The molecule has 0 saturated heterocycles. The van der Waals surface area contributed by atoms with Crippen LogP contribution in [0.5, 0.6) is 0 Å². The van der Waals surface area contributed by atoms with E-state index in [1.807, 2.05) is 0 Å². The van der Waals surface area contributed by atoms with Crippen LogP contribution in [0.4, 0.5) is 9.59 Å². The van der Waals surface area contributed by atoms with Crippen LogP contribution in [0.1, 0.15) is 31.9 Å². The monoisotopic (exact) mass is 524 g/mol. The lowest BCUT2D eigenvalue weighted by atomic mass is 10.1. The highest BCUT2D eigenvalue weighted by molar-refractivity contribution is 8.13. The van der Waals surface area contributed by atoms with Gasteiger partial charge >= 0.3 is 17.4 Å². The zero-order valence-electron chi connectivity index (χ0n) is 23.9. The van der Waals surface area contributed by atoms with Gasteiger partial charge in [0.2, 0.25) is 0 Å². The third kappa shape index (κ3) is 7.66. The molecule has 0 spiro atoms. The smallest absolute Gasteiger partial charge is 0.420 e. The van der Waals surface area contributed by atoms with Crippen LogP contribution < -0.4 is 24.0 Å². The van der Waals surface area contributed by atoms with E-state index in [2.05, 4.69) is 9.72 Å². The number of aromatic nitrogens is 2. The molecule has 0 aliphatic rings. The van der Waals surface area contributed by atoms with Crippen LogP contribution >= 0.6 is 11.8 Å². The van der Waals surface area contributed by atoms with Crippen molar-refractivity contribution in [3.8, 4) is 0 Å². The Morgan fingerprint density at radius 3 is 2.41 bits per heavy atom. The number of carbonyl (C=O) groups excluding carboxylic acids is 3. The van der Waals surface area contributed by atoms with Crippen LogP contribution in [-0.4, -0.2) is 78.7 Å². The average Bonchev–Trinajstić information content (AvgIpc) is 3.06. The first-order valence-corrected chi connectivity index (χ1v) is 8.27.